The topological polar surface area (TPSA) is 45.5 Å². The first-order valence-corrected chi connectivity index (χ1v) is 4.71. The lowest BCUT2D eigenvalue weighted by Gasteiger charge is -2.15. The van der Waals surface area contributed by atoms with Crippen molar-refractivity contribution in [2.45, 2.75) is 13.5 Å². The van der Waals surface area contributed by atoms with Crippen molar-refractivity contribution in [2.24, 2.45) is 0 Å². The normalized spacial score (nSPS) is 10.1. The van der Waals surface area contributed by atoms with E-state index >= 15 is 0 Å². The molecule has 78 valence electrons. The van der Waals surface area contributed by atoms with Crippen molar-refractivity contribution in [3.63, 3.8) is 0 Å². The maximum Gasteiger partial charge on any atom is 0.236 e. The van der Waals surface area contributed by atoms with E-state index in [0.717, 1.165) is 12.3 Å². The number of rotatable bonds is 5. The zero-order valence-electron chi connectivity index (χ0n) is 8.62. The zero-order valence-corrected chi connectivity index (χ0v) is 8.62. The molecule has 0 aliphatic carbocycles. The summed E-state index contributed by atoms with van der Waals surface area (Å²) in [6, 6.07) is 3.68. The average Bonchev–Trinajstić information content (AvgIpc) is 2.66. The van der Waals surface area contributed by atoms with Gasteiger partial charge in [0.2, 0.25) is 5.91 Å². The molecule has 0 saturated heterocycles. The van der Waals surface area contributed by atoms with Gasteiger partial charge in [-0.15, -0.1) is 0 Å². The molecule has 0 saturated carbocycles. The lowest BCUT2D eigenvalue weighted by Crippen LogP contribution is -2.34. The number of hydrogen-bond acceptors (Lipinski definition) is 3. The summed E-state index contributed by atoms with van der Waals surface area (Å²) in [7, 11) is 1.77. The van der Waals surface area contributed by atoms with Crippen molar-refractivity contribution in [3.05, 3.63) is 24.2 Å². The Hall–Kier alpha value is -1.29. The van der Waals surface area contributed by atoms with Crippen LogP contribution in [0.5, 0.6) is 0 Å². The van der Waals surface area contributed by atoms with Crippen LogP contribution in [0.15, 0.2) is 22.8 Å². The molecule has 0 aromatic carbocycles. The molecule has 0 unspecified atom stereocenters. The third-order valence-electron chi connectivity index (χ3n) is 1.93. The van der Waals surface area contributed by atoms with Gasteiger partial charge in [0.05, 0.1) is 19.4 Å². The smallest absolute Gasteiger partial charge is 0.236 e. The van der Waals surface area contributed by atoms with Gasteiger partial charge in [-0.05, 0) is 18.7 Å². The van der Waals surface area contributed by atoms with E-state index in [1.807, 2.05) is 19.1 Å². The molecule has 0 spiro atoms. The average molecular weight is 196 g/mol. The van der Waals surface area contributed by atoms with Crippen LogP contribution in [0, 0.1) is 0 Å². The Morgan fingerprint density at radius 3 is 3.00 bits per heavy atom. The van der Waals surface area contributed by atoms with E-state index in [0.29, 0.717) is 13.1 Å². The molecule has 4 nitrogen and oxygen atoms in total. The fraction of sp³-hybridized carbons (Fsp3) is 0.500. The first-order valence-electron chi connectivity index (χ1n) is 4.71. The summed E-state index contributed by atoms with van der Waals surface area (Å²) in [4.78, 5) is 13.1. The van der Waals surface area contributed by atoms with Crippen LogP contribution in [0.2, 0.25) is 0 Å². The van der Waals surface area contributed by atoms with Gasteiger partial charge in [-0.3, -0.25) is 4.79 Å². The number of hydrogen-bond donors (Lipinski definition) is 1. The first-order chi connectivity index (χ1) is 6.74. The summed E-state index contributed by atoms with van der Waals surface area (Å²) in [5.41, 5.74) is 0. The molecule has 0 bridgehead atoms. The Bertz CT molecular complexity index is 270. The number of nitrogens with zero attached hydrogens (tertiary/aromatic N) is 1. The Kier molecular flexibility index (Phi) is 4.19. The van der Waals surface area contributed by atoms with Crippen LogP contribution in [0.4, 0.5) is 0 Å². The van der Waals surface area contributed by atoms with E-state index < -0.39 is 0 Å². The van der Waals surface area contributed by atoms with Gasteiger partial charge in [0.15, 0.2) is 0 Å². The summed E-state index contributed by atoms with van der Waals surface area (Å²) < 4.78 is 5.14. The third-order valence-corrected chi connectivity index (χ3v) is 1.93. The van der Waals surface area contributed by atoms with Gasteiger partial charge in [0, 0.05) is 7.05 Å². The Morgan fingerprint density at radius 2 is 2.43 bits per heavy atom. The van der Waals surface area contributed by atoms with Crippen LogP contribution in [-0.2, 0) is 11.3 Å². The molecule has 4 heteroatoms. The number of likely N-dealkylation sites (N-methyl/N-ethyl adjacent to an activating group) is 2. The molecular weight excluding hydrogens is 180 g/mol. The Balaban J connectivity index is 2.34. The van der Waals surface area contributed by atoms with Crippen molar-refractivity contribution in [1.82, 2.24) is 10.2 Å². The SMILES string of the molecule is CCNCC(=O)N(C)Cc1ccco1. The summed E-state index contributed by atoms with van der Waals surface area (Å²) in [6.07, 6.45) is 1.61. The molecule has 0 aliphatic heterocycles. The summed E-state index contributed by atoms with van der Waals surface area (Å²) >= 11 is 0. The van der Waals surface area contributed by atoms with Crippen molar-refractivity contribution in [3.8, 4) is 0 Å². The number of furan rings is 1. The predicted octanol–water partition coefficient (Wildman–Crippen LogP) is 0.847. The number of carbonyl (C=O) groups excluding carboxylic acids is 1. The van der Waals surface area contributed by atoms with E-state index in [9.17, 15) is 4.79 Å². The molecule has 0 aliphatic rings. The number of nitrogens with one attached hydrogen (secondary N) is 1. The zero-order chi connectivity index (χ0) is 10.4. The lowest BCUT2D eigenvalue weighted by atomic mass is 10.4. The van der Waals surface area contributed by atoms with Crippen LogP contribution in [-0.4, -0.2) is 30.9 Å². The van der Waals surface area contributed by atoms with E-state index in [4.69, 9.17) is 4.42 Å². The summed E-state index contributed by atoms with van der Waals surface area (Å²) in [5.74, 6) is 0.876. The van der Waals surface area contributed by atoms with Gasteiger partial charge in [-0.1, -0.05) is 6.92 Å². The maximum absolute atomic E-state index is 11.4. The van der Waals surface area contributed by atoms with Crippen LogP contribution in [0.3, 0.4) is 0 Å². The first kappa shape index (κ1) is 10.8. The van der Waals surface area contributed by atoms with Crippen molar-refractivity contribution < 1.29 is 9.21 Å². The fourth-order valence-corrected chi connectivity index (χ4v) is 1.09. The molecule has 1 amide bonds. The van der Waals surface area contributed by atoms with E-state index in [2.05, 4.69) is 5.32 Å². The van der Waals surface area contributed by atoms with Gasteiger partial charge in [-0.2, -0.15) is 0 Å². The van der Waals surface area contributed by atoms with Gasteiger partial charge in [0.25, 0.3) is 0 Å². The second-order valence-electron chi connectivity index (χ2n) is 3.11. The van der Waals surface area contributed by atoms with Gasteiger partial charge in [-0.25, -0.2) is 0 Å². The monoisotopic (exact) mass is 196 g/mol. The lowest BCUT2D eigenvalue weighted by molar-refractivity contribution is -0.129. The van der Waals surface area contributed by atoms with Gasteiger partial charge in [0.1, 0.15) is 5.76 Å². The van der Waals surface area contributed by atoms with Crippen molar-refractivity contribution in [1.29, 1.82) is 0 Å². The molecular formula is C10H16N2O2. The standard InChI is InChI=1S/C10H16N2O2/c1-3-11-7-10(13)12(2)8-9-5-4-6-14-9/h4-6,11H,3,7-8H2,1-2H3. The van der Waals surface area contributed by atoms with Gasteiger partial charge < -0.3 is 14.6 Å². The van der Waals surface area contributed by atoms with E-state index in [1.54, 1.807) is 18.2 Å². The predicted molar refractivity (Wildman–Crippen MR) is 53.7 cm³/mol. The van der Waals surface area contributed by atoms with Crippen LogP contribution < -0.4 is 5.32 Å². The molecule has 1 rings (SSSR count). The highest BCUT2D eigenvalue weighted by atomic mass is 16.3. The Labute approximate surface area is 83.9 Å². The molecule has 0 radical (unpaired) electrons. The minimum Gasteiger partial charge on any atom is -0.467 e. The summed E-state index contributed by atoms with van der Waals surface area (Å²) in [5, 5.41) is 2.99. The van der Waals surface area contributed by atoms with Crippen LogP contribution in [0.1, 0.15) is 12.7 Å². The minimum absolute atomic E-state index is 0.0725. The summed E-state index contributed by atoms with van der Waals surface area (Å²) in [6.45, 7) is 3.69. The highest BCUT2D eigenvalue weighted by molar-refractivity contribution is 5.77. The molecule has 1 heterocycles. The third kappa shape index (κ3) is 3.22. The van der Waals surface area contributed by atoms with Crippen LogP contribution >= 0.6 is 0 Å². The maximum atomic E-state index is 11.4. The number of carbonyl (C=O) groups is 1. The second kappa shape index (κ2) is 5.44. The van der Waals surface area contributed by atoms with E-state index in [-0.39, 0.29) is 5.91 Å². The molecule has 1 aromatic heterocycles. The minimum atomic E-state index is 0.0725. The largest absolute Gasteiger partial charge is 0.467 e. The molecule has 0 fully saturated rings. The Morgan fingerprint density at radius 1 is 1.64 bits per heavy atom. The van der Waals surface area contributed by atoms with E-state index in [1.165, 1.54) is 0 Å². The number of amides is 1. The molecule has 14 heavy (non-hydrogen) atoms. The second-order valence-corrected chi connectivity index (χ2v) is 3.11. The highest BCUT2D eigenvalue weighted by Gasteiger charge is 2.09. The van der Waals surface area contributed by atoms with Crippen LogP contribution in [0.25, 0.3) is 0 Å². The fourth-order valence-electron chi connectivity index (χ4n) is 1.09. The van der Waals surface area contributed by atoms with Crippen molar-refractivity contribution >= 4 is 5.91 Å². The highest BCUT2D eigenvalue weighted by Crippen LogP contribution is 2.03. The molecule has 1 aromatic rings. The molecule has 0 atom stereocenters. The molecule has 1 N–H and O–H groups in total. The van der Waals surface area contributed by atoms with Crippen molar-refractivity contribution in [2.75, 3.05) is 20.1 Å². The quantitative estimate of drug-likeness (QED) is 0.759. The van der Waals surface area contributed by atoms with Gasteiger partial charge >= 0.3 is 0 Å².